The Labute approximate surface area is 163 Å². The molecule has 1 fully saturated rings. The van der Waals surface area contributed by atoms with Gasteiger partial charge in [0.2, 0.25) is 11.8 Å². The standard InChI is InChI=1S/C21H23N3O4/c1-28-18-9-5-8-17(13-18)24-14-16(12-19(24)25)21(27)23-11-10-22-20(26)15-6-3-2-4-7-15/h2-9,13,16H,10-12,14H2,1H3,(H,22,26)(H,23,27). The van der Waals surface area contributed by atoms with Gasteiger partial charge in [0.25, 0.3) is 5.91 Å². The van der Waals surface area contributed by atoms with Crippen molar-refractivity contribution in [2.75, 3.05) is 31.6 Å². The third kappa shape index (κ3) is 4.68. The summed E-state index contributed by atoms with van der Waals surface area (Å²) in [5.74, 6) is -0.218. The summed E-state index contributed by atoms with van der Waals surface area (Å²) in [6.07, 6.45) is 0.166. The number of amides is 3. The molecule has 1 heterocycles. The van der Waals surface area contributed by atoms with Gasteiger partial charge in [-0.3, -0.25) is 14.4 Å². The molecule has 1 saturated heterocycles. The van der Waals surface area contributed by atoms with Crippen molar-refractivity contribution < 1.29 is 19.1 Å². The second kappa shape index (κ2) is 9.03. The van der Waals surface area contributed by atoms with Crippen LogP contribution >= 0.6 is 0 Å². The average Bonchev–Trinajstić information content (AvgIpc) is 3.13. The fourth-order valence-corrected chi connectivity index (χ4v) is 3.11. The molecule has 7 heteroatoms. The first-order valence-corrected chi connectivity index (χ1v) is 9.14. The van der Waals surface area contributed by atoms with E-state index in [1.165, 1.54) is 0 Å². The number of nitrogens with zero attached hydrogens (tertiary/aromatic N) is 1. The van der Waals surface area contributed by atoms with E-state index in [0.717, 1.165) is 5.69 Å². The molecular formula is C21H23N3O4. The van der Waals surface area contributed by atoms with Crippen LogP contribution in [0.1, 0.15) is 16.8 Å². The lowest BCUT2D eigenvalue weighted by Crippen LogP contribution is -2.38. The lowest BCUT2D eigenvalue weighted by atomic mass is 10.1. The molecule has 1 aliphatic rings. The van der Waals surface area contributed by atoms with Gasteiger partial charge in [-0.2, -0.15) is 0 Å². The van der Waals surface area contributed by atoms with Crippen LogP contribution in [0.15, 0.2) is 54.6 Å². The van der Waals surface area contributed by atoms with Gasteiger partial charge in [0.1, 0.15) is 5.75 Å². The summed E-state index contributed by atoms with van der Waals surface area (Å²) >= 11 is 0. The summed E-state index contributed by atoms with van der Waals surface area (Å²) in [5, 5.41) is 5.55. The molecule has 2 N–H and O–H groups in total. The first kappa shape index (κ1) is 19.4. The van der Waals surface area contributed by atoms with Crippen molar-refractivity contribution in [2.24, 2.45) is 5.92 Å². The predicted octanol–water partition coefficient (Wildman–Crippen LogP) is 1.59. The SMILES string of the molecule is COc1cccc(N2CC(C(=O)NCCNC(=O)c3ccccc3)CC2=O)c1. The topological polar surface area (TPSA) is 87.7 Å². The van der Waals surface area contributed by atoms with E-state index in [4.69, 9.17) is 4.74 Å². The minimum Gasteiger partial charge on any atom is -0.497 e. The summed E-state index contributed by atoms with van der Waals surface area (Å²) in [5.41, 5.74) is 1.29. The van der Waals surface area contributed by atoms with Gasteiger partial charge >= 0.3 is 0 Å². The van der Waals surface area contributed by atoms with Crippen LogP contribution in [0.5, 0.6) is 5.75 Å². The molecule has 3 rings (SSSR count). The van der Waals surface area contributed by atoms with E-state index < -0.39 is 5.92 Å². The molecule has 1 atom stereocenters. The zero-order valence-electron chi connectivity index (χ0n) is 15.7. The fourth-order valence-electron chi connectivity index (χ4n) is 3.11. The number of carbonyl (C=O) groups excluding carboxylic acids is 3. The Balaban J connectivity index is 1.46. The van der Waals surface area contributed by atoms with E-state index in [-0.39, 0.29) is 24.1 Å². The number of ether oxygens (including phenoxy) is 1. The Kier molecular flexibility index (Phi) is 6.26. The molecule has 3 amide bonds. The van der Waals surface area contributed by atoms with E-state index in [2.05, 4.69) is 10.6 Å². The van der Waals surface area contributed by atoms with Gasteiger partial charge in [-0.15, -0.1) is 0 Å². The summed E-state index contributed by atoms with van der Waals surface area (Å²) in [6.45, 7) is 0.954. The summed E-state index contributed by atoms with van der Waals surface area (Å²) in [4.78, 5) is 38.2. The molecule has 2 aromatic carbocycles. The third-order valence-electron chi connectivity index (χ3n) is 4.61. The Hall–Kier alpha value is -3.35. The maximum Gasteiger partial charge on any atom is 0.251 e. The zero-order chi connectivity index (χ0) is 19.9. The Bertz CT molecular complexity index is 854. The Morgan fingerprint density at radius 1 is 1.07 bits per heavy atom. The van der Waals surface area contributed by atoms with E-state index >= 15 is 0 Å². The molecule has 1 unspecified atom stereocenters. The largest absolute Gasteiger partial charge is 0.497 e. The van der Waals surface area contributed by atoms with Gasteiger partial charge in [-0.05, 0) is 24.3 Å². The lowest BCUT2D eigenvalue weighted by molar-refractivity contribution is -0.126. The number of hydrogen-bond acceptors (Lipinski definition) is 4. The normalized spacial score (nSPS) is 16.0. The van der Waals surface area contributed by atoms with Crippen molar-refractivity contribution >= 4 is 23.4 Å². The third-order valence-corrected chi connectivity index (χ3v) is 4.61. The van der Waals surface area contributed by atoms with Crippen LogP contribution in [-0.4, -0.2) is 44.5 Å². The van der Waals surface area contributed by atoms with Crippen LogP contribution in [0.4, 0.5) is 5.69 Å². The smallest absolute Gasteiger partial charge is 0.251 e. The van der Waals surface area contributed by atoms with Gasteiger partial charge < -0.3 is 20.3 Å². The highest BCUT2D eigenvalue weighted by atomic mass is 16.5. The zero-order valence-corrected chi connectivity index (χ0v) is 15.7. The Morgan fingerprint density at radius 3 is 2.57 bits per heavy atom. The van der Waals surface area contributed by atoms with Crippen LogP contribution in [-0.2, 0) is 9.59 Å². The second-order valence-electron chi connectivity index (χ2n) is 6.52. The number of nitrogens with one attached hydrogen (secondary N) is 2. The van der Waals surface area contributed by atoms with Crippen molar-refractivity contribution in [1.29, 1.82) is 0 Å². The van der Waals surface area contributed by atoms with Crippen LogP contribution in [0.2, 0.25) is 0 Å². The second-order valence-corrected chi connectivity index (χ2v) is 6.52. The molecule has 1 aliphatic heterocycles. The minimum atomic E-state index is -0.413. The van der Waals surface area contributed by atoms with Gasteiger partial charge in [0.15, 0.2) is 0 Å². The summed E-state index contributed by atoms with van der Waals surface area (Å²) in [7, 11) is 1.57. The number of rotatable bonds is 7. The number of anilines is 1. The number of methoxy groups -OCH3 is 1. The molecule has 2 aromatic rings. The lowest BCUT2D eigenvalue weighted by Gasteiger charge is -2.17. The highest BCUT2D eigenvalue weighted by molar-refractivity contribution is 6.00. The first-order valence-electron chi connectivity index (χ1n) is 9.14. The molecule has 0 radical (unpaired) electrons. The van der Waals surface area contributed by atoms with Crippen LogP contribution < -0.4 is 20.3 Å². The molecule has 0 aromatic heterocycles. The van der Waals surface area contributed by atoms with Crippen molar-refractivity contribution in [3.8, 4) is 5.75 Å². The van der Waals surface area contributed by atoms with E-state index in [9.17, 15) is 14.4 Å². The quantitative estimate of drug-likeness (QED) is 0.713. The van der Waals surface area contributed by atoms with E-state index in [1.54, 1.807) is 48.4 Å². The molecular weight excluding hydrogens is 358 g/mol. The van der Waals surface area contributed by atoms with Crippen molar-refractivity contribution in [1.82, 2.24) is 10.6 Å². The predicted molar refractivity (Wildman–Crippen MR) is 105 cm³/mol. The van der Waals surface area contributed by atoms with Gasteiger partial charge in [-0.25, -0.2) is 0 Å². The van der Waals surface area contributed by atoms with Crippen molar-refractivity contribution in [3.05, 3.63) is 60.2 Å². The molecule has 0 bridgehead atoms. The molecule has 0 aliphatic carbocycles. The van der Waals surface area contributed by atoms with Gasteiger partial charge in [0.05, 0.1) is 13.0 Å². The first-order chi connectivity index (χ1) is 13.6. The van der Waals surface area contributed by atoms with Gasteiger partial charge in [0, 0.05) is 43.4 Å². The highest BCUT2D eigenvalue weighted by Gasteiger charge is 2.35. The molecule has 0 spiro atoms. The molecule has 0 saturated carbocycles. The van der Waals surface area contributed by atoms with Crippen LogP contribution in [0.3, 0.4) is 0 Å². The fraction of sp³-hybridized carbons (Fsp3) is 0.286. The maximum absolute atomic E-state index is 12.4. The highest BCUT2D eigenvalue weighted by Crippen LogP contribution is 2.27. The maximum atomic E-state index is 12.4. The monoisotopic (exact) mass is 381 g/mol. The molecule has 7 nitrogen and oxygen atoms in total. The summed E-state index contributed by atoms with van der Waals surface area (Å²) < 4.78 is 5.19. The Morgan fingerprint density at radius 2 is 1.82 bits per heavy atom. The van der Waals surface area contributed by atoms with Crippen LogP contribution in [0, 0.1) is 5.92 Å². The minimum absolute atomic E-state index is 0.0919. The van der Waals surface area contributed by atoms with Gasteiger partial charge in [-0.1, -0.05) is 24.3 Å². The number of benzene rings is 2. The van der Waals surface area contributed by atoms with E-state index in [1.807, 2.05) is 18.2 Å². The number of carbonyl (C=O) groups is 3. The molecule has 146 valence electrons. The average molecular weight is 381 g/mol. The van der Waals surface area contributed by atoms with Crippen LogP contribution in [0.25, 0.3) is 0 Å². The summed E-state index contributed by atoms with van der Waals surface area (Å²) in [6, 6.07) is 16.1. The van der Waals surface area contributed by atoms with Crippen molar-refractivity contribution in [3.63, 3.8) is 0 Å². The van der Waals surface area contributed by atoms with Crippen molar-refractivity contribution in [2.45, 2.75) is 6.42 Å². The van der Waals surface area contributed by atoms with E-state index in [0.29, 0.717) is 30.9 Å². The number of hydrogen-bond donors (Lipinski definition) is 2. The molecule has 28 heavy (non-hydrogen) atoms.